The molecule has 142 valence electrons. The van der Waals surface area contributed by atoms with Gasteiger partial charge in [0.2, 0.25) is 11.8 Å². The van der Waals surface area contributed by atoms with Crippen molar-refractivity contribution in [1.82, 2.24) is 0 Å². The molecule has 2 rings (SSSR count). The monoisotopic (exact) mass is 367 g/mol. The molecule has 0 heterocycles. The molecule has 0 spiro atoms. The summed E-state index contributed by atoms with van der Waals surface area (Å²) in [6.07, 6.45) is 2.08. The average Bonchev–Trinajstić information content (AvgIpc) is 2.68. The zero-order valence-electron chi connectivity index (χ0n) is 15.7. The number of rotatable bonds is 9. The van der Waals surface area contributed by atoms with Crippen LogP contribution in [0.5, 0.6) is 5.75 Å². The molecule has 0 radical (unpaired) electrons. The maximum absolute atomic E-state index is 12.2. The highest BCUT2D eigenvalue weighted by Gasteiger charge is 2.07. The van der Waals surface area contributed by atoms with Crippen LogP contribution in [0.2, 0.25) is 0 Å². The van der Waals surface area contributed by atoms with Crippen LogP contribution in [-0.2, 0) is 9.59 Å². The maximum Gasteiger partial charge on any atom is 0.243 e. The van der Waals surface area contributed by atoms with Gasteiger partial charge in [0.05, 0.1) is 6.54 Å². The van der Waals surface area contributed by atoms with Gasteiger partial charge in [0, 0.05) is 23.5 Å². The molecule has 0 aromatic heterocycles. The van der Waals surface area contributed by atoms with E-state index in [0.717, 1.165) is 17.0 Å². The molecule has 0 bridgehead atoms. The van der Waals surface area contributed by atoms with E-state index in [1.54, 1.807) is 25.1 Å². The number of ether oxygens (including phenoxy) is 1. The average molecular weight is 367 g/mol. The minimum absolute atomic E-state index is 0.0660. The standard InChI is InChI=1S/C21H25N3O3/c1-4-12-27-18-10-8-16(9-11-18)22-14-21(26)23-17-7-6-15(3)19(13-17)24-20(25)5-2/h4,6-11,13,22H,1,5,12,14H2,2-3H3,(H,23,26)(H,24,25). The lowest BCUT2D eigenvalue weighted by molar-refractivity contribution is -0.116. The topological polar surface area (TPSA) is 79.5 Å². The molecular formula is C21H25N3O3. The van der Waals surface area contributed by atoms with Crippen molar-refractivity contribution in [3.63, 3.8) is 0 Å². The molecule has 2 aromatic rings. The van der Waals surface area contributed by atoms with E-state index < -0.39 is 0 Å². The SMILES string of the molecule is C=CCOc1ccc(NCC(=O)Nc2ccc(C)c(NC(=O)CC)c2)cc1. The van der Waals surface area contributed by atoms with E-state index in [0.29, 0.717) is 24.4 Å². The predicted octanol–water partition coefficient (Wildman–Crippen LogP) is 3.96. The van der Waals surface area contributed by atoms with Gasteiger partial charge in [-0.15, -0.1) is 0 Å². The zero-order valence-corrected chi connectivity index (χ0v) is 15.7. The van der Waals surface area contributed by atoms with Gasteiger partial charge in [-0.1, -0.05) is 25.6 Å². The lowest BCUT2D eigenvalue weighted by atomic mass is 10.1. The lowest BCUT2D eigenvalue weighted by Gasteiger charge is -2.12. The molecule has 0 saturated carbocycles. The van der Waals surface area contributed by atoms with Gasteiger partial charge >= 0.3 is 0 Å². The second-order valence-corrected chi connectivity index (χ2v) is 5.96. The Labute approximate surface area is 159 Å². The Balaban J connectivity index is 1.89. The summed E-state index contributed by atoms with van der Waals surface area (Å²) in [7, 11) is 0. The summed E-state index contributed by atoms with van der Waals surface area (Å²) in [5.74, 6) is 0.494. The van der Waals surface area contributed by atoms with E-state index >= 15 is 0 Å². The number of hydrogen-bond acceptors (Lipinski definition) is 4. The fraction of sp³-hybridized carbons (Fsp3) is 0.238. The van der Waals surface area contributed by atoms with Crippen LogP contribution >= 0.6 is 0 Å². The smallest absolute Gasteiger partial charge is 0.243 e. The molecule has 0 unspecified atom stereocenters. The van der Waals surface area contributed by atoms with Gasteiger partial charge in [-0.3, -0.25) is 9.59 Å². The van der Waals surface area contributed by atoms with E-state index in [1.807, 2.05) is 37.3 Å². The van der Waals surface area contributed by atoms with Crippen molar-refractivity contribution in [2.24, 2.45) is 0 Å². The molecule has 6 nitrogen and oxygen atoms in total. The number of nitrogens with one attached hydrogen (secondary N) is 3. The zero-order chi connectivity index (χ0) is 19.6. The first-order valence-electron chi connectivity index (χ1n) is 8.79. The molecular weight excluding hydrogens is 342 g/mol. The maximum atomic E-state index is 12.2. The number of hydrogen-bond donors (Lipinski definition) is 3. The molecule has 6 heteroatoms. The van der Waals surface area contributed by atoms with Crippen molar-refractivity contribution in [1.29, 1.82) is 0 Å². The van der Waals surface area contributed by atoms with Crippen LogP contribution in [0.15, 0.2) is 55.1 Å². The summed E-state index contributed by atoms with van der Waals surface area (Å²) in [4.78, 5) is 23.8. The largest absolute Gasteiger partial charge is 0.490 e. The first-order valence-corrected chi connectivity index (χ1v) is 8.79. The summed E-state index contributed by atoms with van der Waals surface area (Å²) in [6, 6.07) is 12.8. The Morgan fingerprint density at radius 3 is 2.41 bits per heavy atom. The van der Waals surface area contributed by atoms with Gasteiger partial charge in [-0.2, -0.15) is 0 Å². The number of amides is 2. The first-order chi connectivity index (χ1) is 13.0. The Hall–Kier alpha value is -3.28. The highest BCUT2D eigenvalue weighted by Crippen LogP contribution is 2.21. The van der Waals surface area contributed by atoms with Crippen molar-refractivity contribution in [2.45, 2.75) is 20.3 Å². The van der Waals surface area contributed by atoms with Crippen molar-refractivity contribution in [2.75, 3.05) is 29.1 Å². The number of carbonyl (C=O) groups excluding carboxylic acids is 2. The van der Waals surface area contributed by atoms with Gasteiger partial charge in [-0.25, -0.2) is 0 Å². The van der Waals surface area contributed by atoms with Crippen LogP contribution in [0, 0.1) is 6.92 Å². The van der Waals surface area contributed by atoms with Crippen molar-refractivity contribution < 1.29 is 14.3 Å². The van der Waals surface area contributed by atoms with Crippen LogP contribution in [0.25, 0.3) is 0 Å². The van der Waals surface area contributed by atoms with E-state index in [2.05, 4.69) is 22.5 Å². The Bertz CT molecular complexity index is 801. The van der Waals surface area contributed by atoms with Gasteiger partial charge < -0.3 is 20.7 Å². The molecule has 3 N–H and O–H groups in total. The van der Waals surface area contributed by atoms with Crippen LogP contribution in [0.1, 0.15) is 18.9 Å². The minimum atomic E-state index is -0.182. The van der Waals surface area contributed by atoms with E-state index in [-0.39, 0.29) is 18.4 Å². The highest BCUT2D eigenvalue weighted by atomic mass is 16.5. The van der Waals surface area contributed by atoms with Crippen molar-refractivity contribution in [3.05, 3.63) is 60.7 Å². The van der Waals surface area contributed by atoms with Crippen molar-refractivity contribution in [3.8, 4) is 5.75 Å². The first kappa shape index (κ1) is 20.0. The quantitative estimate of drug-likeness (QED) is 0.586. The van der Waals surface area contributed by atoms with Crippen LogP contribution in [0.3, 0.4) is 0 Å². The fourth-order valence-corrected chi connectivity index (χ4v) is 2.28. The second kappa shape index (κ2) is 10.0. The molecule has 0 fully saturated rings. The molecule has 0 aliphatic heterocycles. The minimum Gasteiger partial charge on any atom is -0.490 e. The van der Waals surface area contributed by atoms with Crippen LogP contribution in [0.4, 0.5) is 17.1 Å². The molecule has 0 saturated heterocycles. The van der Waals surface area contributed by atoms with E-state index in [1.165, 1.54) is 0 Å². The van der Waals surface area contributed by atoms with Crippen molar-refractivity contribution >= 4 is 28.9 Å². The number of aryl methyl sites for hydroxylation is 1. The molecule has 0 atom stereocenters. The van der Waals surface area contributed by atoms with Crippen LogP contribution < -0.4 is 20.7 Å². The van der Waals surface area contributed by atoms with E-state index in [9.17, 15) is 9.59 Å². The number of benzene rings is 2. The summed E-state index contributed by atoms with van der Waals surface area (Å²) < 4.78 is 5.42. The summed E-state index contributed by atoms with van der Waals surface area (Å²) in [6.45, 7) is 7.87. The van der Waals surface area contributed by atoms with Gasteiger partial charge in [-0.05, 0) is 48.9 Å². The predicted molar refractivity (Wildman–Crippen MR) is 109 cm³/mol. The molecule has 0 aliphatic carbocycles. The van der Waals surface area contributed by atoms with Gasteiger partial charge in [0.1, 0.15) is 12.4 Å². The number of carbonyl (C=O) groups is 2. The molecule has 2 aromatic carbocycles. The van der Waals surface area contributed by atoms with E-state index in [4.69, 9.17) is 4.74 Å². The Morgan fingerprint density at radius 1 is 1.04 bits per heavy atom. The molecule has 0 aliphatic rings. The lowest BCUT2D eigenvalue weighted by Crippen LogP contribution is -2.22. The third-order valence-corrected chi connectivity index (χ3v) is 3.79. The highest BCUT2D eigenvalue weighted by molar-refractivity contribution is 5.96. The molecule has 2 amide bonds. The Kier molecular flexibility index (Phi) is 7.43. The second-order valence-electron chi connectivity index (χ2n) is 5.96. The van der Waals surface area contributed by atoms with Crippen LogP contribution in [-0.4, -0.2) is 25.0 Å². The summed E-state index contributed by atoms with van der Waals surface area (Å²) >= 11 is 0. The third kappa shape index (κ3) is 6.51. The normalized spacial score (nSPS) is 10.0. The van der Waals surface area contributed by atoms with Gasteiger partial charge in [0.25, 0.3) is 0 Å². The fourth-order valence-electron chi connectivity index (χ4n) is 2.28. The van der Waals surface area contributed by atoms with Gasteiger partial charge in [0.15, 0.2) is 0 Å². The summed E-state index contributed by atoms with van der Waals surface area (Å²) in [5.41, 5.74) is 3.08. The number of anilines is 3. The molecule has 27 heavy (non-hydrogen) atoms. The Morgan fingerprint density at radius 2 is 1.74 bits per heavy atom. The summed E-state index contributed by atoms with van der Waals surface area (Å²) in [5, 5.41) is 8.71. The third-order valence-electron chi connectivity index (χ3n) is 3.79.